The number of aromatic nitrogens is 1. The lowest BCUT2D eigenvalue weighted by atomic mass is 10.1. The molecule has 0 aliphatic carbocycles. The third-order valence-electron chi connectivity index (χ3n) is 2.18. The number of pyridine rings is 1. The average Bonchev–Trinajstić information content (AvgIpc) is 2.46. The number of Topliss-reactive ketones (excluding diaryl/α,β-unsaturated/α-hetero) is 1. The highest BCUT2D eigenvalue weighted by atomic mass is 35.5. The third kappa shape index (κ3) is 1.42. The smallest absolute Gasteiger partial charge is 0.161 e. The van der Waals surface area contributed by atoms with Crippen LogP contribution in [0.5, 0.6) is 0 Å². The maximum Gasteiger partial charge on any atom is 0.161 e. The second-order valence-electron chi connectivity index (χ2n) is 3.12. The Labute approximate surface area is 90.5 Å². The molecule has 0 radical (unpaired) electrons. The van der Waals surface area contributed by atoms with E-state index >= 15 is 0 Å². The van der Waals surface area contributed by atoms with Gasteiger partial charge in [0.25, 0.3) is 0 Å². The lowest BCUT2D eigenvalue weighted by Crippen LogP contribution is -1.96. The minimum atomic E-state index is 0.0409. The normalized spacial score (nSPS) is 10.8. The van der Waals surface area contributed by atoms with E-state index in [2.05, 4.69) is 4.98 Å². The molecule has 2 aromatic heterocycles. The number of aryl methyl sites for hydroxylation is 1. The number of ketones is 1. The Morgan fingerprint density at radius 3 is 2.93 bits per heavy atom. The van der Waals surface area contributed by atoms with Gasteiger partial charge in [0, 0.05) is 17.1 Å². The van der Waals surface area contributed by atoms with Crippen molar-refractivity contribution >= 4 is 38.9 Å². The summed E-state index contributed by atoms with van der Waals surface area (Å²) in [5.74, 6) is 0.0409. The number of halogens is 1. The molecule has 0 bridgehead atoms. The van der Waals surface area contributed by atoms with Crippen LogP contribution in [0.15, 0.2) is 12.3 Å². The van der Waals surface area contributed by atoms with Crippen molar-refractivity contribution in [2.45, 2.75) is 13.8 Å². The fraction of sp³-hybridized carbons (Fsp3) is 0.200. The molecule has 72 valence electrons. The molecule has 0 saturated heterocycles. The van der Waals surface area contributed by atoms with Crippen molar-refractivity contribution in [2.24, 2.45) is 0 Å². The van der Waals surface area contributed by atoms with E-state index in [0.29, 0.717) is 9.90 Å². The van der Waals surface area contributed by atoms with Crippen LogP contribution in [0.25, 0.3) is 10.2 Å². The van der Waals surface area contributed by atoms with Crippen molar-refractivity contribution in [1.82, 2.24) is 4.98 Å². The predicted molar refractivity (Wildman–Crippen MR) is 59.4 cm³/mol. The van der Waals surface area contributed by atoms with Crippen LogP contribution in [-0.4, -0.2) is 10.8 Å². The molecule has 4 heteroatoms. The predicted octanol–water partition coefficient (Wildman–Crippen LogP) is 3.46. The van der Waals surface area contributed by atoms with Gasteiger partial charge < -0.3 is 0 Å². The number of nitrogens with zero attached hydrogens (tertiary/aromatic N) is 1. The van der Waals surface area contributed by atoms with Gasteiger partial charge in [-0.3, -0.25) is 4.79 Å². The van der Waals surface area contributed by atoms with E-state index in [1.165, 1.54) is 11.3 Å². The molecule has 0 N–H and O–H groups in total. The second-order valence-corrected chi connectivity index (χ2v) is 4.78. The lowest BCUT2D eigenvalue weighted by Gasteiger charge is -2.01. The van der Waals surface area contributed by atoms with Crippen molar-refractivity contribution in [1.29, 1.82) is 0 Å². The summed E-state index contributed by atoms with van der Waals surface area (Å²) >= 11 is 7.31. The monoisotopic (exact) mass is 225 g/mol. The summed E-state index contributed by atoms with van der Waals surface area (Å²) in [5.41, 5.74) is 1.64. The maximum absolute atomic E-state index is 11.2. The van der Waals surface area contributed by atoms with E-state index in [9.17, 15) is 4.79 Å². The molecule has 0 aromatic carbocycles. The number of carbonyl (C=O) groups excluding carboxylic acids is 1. The van der Waals surface area contributed by atoms with Crippen LogP contribution in [0, 0.1) is 6.92 Å². The topological polar surface area (TPSA) is 30.0 Å². The number of hydrogen-bond acceptors (Lipinski definition) is 3. The molecule has 2 aromatic rings. The van der Waals surface area contributed by atoms with Crippen LogP contribution in [0.3, 0.4) is 0 Å². The van der Waals surface area contributed by atoms with Crippen LogP contribution < -0.4 is 0 Å². The number of rotatable bonds is 1. The van der Waals surface area contributed by atoms with E-state index in [1.807, 2.05) is 13.0 Å². The zero-order valence-corrected chi connectivity index (χ0v) is 9.37. The molecule has 0 amide bonds. The largest absolute Gasteiger partial charge is 0.294 e. The molecule has 0 aliphatic rings. The first-order chi connectivity index (χ1) is 6.59. The summed E-state index contributed by atoms with van der Waals surface area (Å²) in [4.78, 5) is 16.3. The van der Waals surface area contributed by atoms with Gasteiger partial charge in [-0.15, -0.1) is 11.3 Å². The van der Waals surface area contributed by atoms with Crippen molar-refractivity contribution in [2.75, 3.05) is 0 Å². The first-order valence-electron chi connectivity index (χ1n) is 4.15. The zero-order chi connectivity index (χ0) is 10.3. The van der Waals surface area contributed by atoms with Gasteiger partial charge in [-0.25, -0.2) is 4.98 Å². The highest BCUT2D eigenvalue weighted by Crippen LogP contribution is 2.31. The molecule has 2 nitrogen and oxygen atoms in total. The molecule has 0 spiro atoms. The quantitative estimate of drug-likeness (QED) is 0.696. The average molecular weight is 226 g/mol. The summed E-state index contributed by atoms with van der Waals surface area (Å²) in [5, 5.41) is 0.979. The summed E-state index contributed by atoms with van der Waals surface area (Å²) in [6, 6.07) is 1.86. The van der Waals surface area contributed by atoms with Gasteiger partial charge in [0.2, 0.25) is 0 Å². The number of fused-ring (bicyclic) bond motifs is 1. The van der Waals surface area contributed by atoms with Crippen LogP contribution >= 0.6 is 22.9 Å². The van der Waals surface area contributed by atoms with E-state index in [1.54, 1.807) is 13.1 Å². The Morgan fingerprint density at radius 1 is 1.57 bits per heavy atom. The molecule has 0 fully saturated rings. The van der Waals surface area contributed by atoms with Crippen LogP contribution in [-0.2, 0) is 0 Å². The van der Waals surface area contributed by atoms with E-state index in [4.69, 9.17) is 11.6 Å². The standard InChI is InChI=1S/C10H8ClNOS/c1-5-7-3-9(11)14-10(7)12-4-8(5)6(2)13/h3-4H,1-2H3. The van der Waals surface area contributed by atoms with Gasteiger partial charge in [-0.05, 0) is 25.5 Å². The molecule has 0 atom stereocenters. The van der Waals surface area contributed by atoms with Gasteiger partial charge in [0.05, 0.1) is 4.34 Å². The third-order valence-corrected chi connectivity index (χ3v) is 3.35. The van der Waals surface area contributed by atoms with Gasteiger partial charge in [-0.2, -0.15) is 0 Å². The van der Waals surface area contributed by atoms with E-state index in [-0.39, 0.29) is 5.78 Å². The van der Waals surface area contributed by atoms with Crippen molar-refractivity contribution in [3.8, 4) is 0 Å². The highest BCUT2D eigenvalue weighted by molar-refractivity contribution is 7.22. The molecular weight excluding hydrogens is 218 g/mol. The minimum Gasteiger partial charge on any atom is -0.294 e. The Morgan fingerprint density at radius 2 is 2.29 bits per heavy atom. The first-order valence-corrected chi connectivity index (χ1v) is 5.34. The fourth-order valence-electron chi connectivity index (χ4n) is 1.44. The van der Waals surface area contributed by atoms with Gasteiger partial charge in [0.1, 0.15) is 4.83 Å². The fourth-order valence-corrected chi connectivity index (χ4v) is 2.55. The van der Waals surface area contributed by atoms with Crippen LogP contribution in [0.2, 0.25) is 4.34 Å². The Bertz CT molecular complexity index is 518. The SMILES string of the molecule is CC(=O)c1cnc2sc(Cl)cc2c1C. The van der Waals surface area contributed by atoms with Crippen molar-refractivity contribution in [3.63, 3.8) is 0 Å². The van der Waals surface area contributed by atoms with Crippen molar-refractivity contribution < 1.29 is 4.79 Å². The second kappa shape index (κ2) is 3.33. The summed E-state index contributed by atoms with van der Waals surface area (Å²) in [7, 11) is 0. The summed E-state index contributed by atoms with van der Waals surface area (Å²) in [6.07, 6.45) is 1.62. The molecule has 2 rings (SSSR count). The number of thiophene rings is 1. The summed E-state index contributed by atoms with van der Waals surface area (Å²) < 4.78 is 0.705. The zero-order valence-electron chi connectivity index (χ0n) is 7.80. The van der Waals surface area contributed by atoms with Gasteiger partial charge >= 0.3 is 0 Å². The first kappa shape index (κ1) is 9.62. The van der Waals surface area contributed by atoms with Gasteiger partial charge in [0.15, 0.2) is 5.78 Å². The molecule has 14 heavy (non-hydrogen) atoms. The molecule has 0 saturated carbocycles. The Kier molecular flexibility index (Phi) is 2.29. The maximum atomic E-state index is 11.2. The van der Waals surface area contributed by atoms with E-state index in [0.717, 1.165) is 15.8 Å². The van der Waals surface area contributed by atoms with Gasteiger partial charge in [-0.1, -0.05) is 11.6 Å². The molecule has 0 unspecified atom stereocenters. The molecular formula is C10H8ClNOS. The molecule has 2 heterocycles. The van der Waals surface area contributed by atoms with Crippen LogP contribution in [0.1, 0.15) is 22.8 Å². The minimum absolute atomic E-state index is 0.0409. The number of hydrogen-bond donors (Lipinski definition) is 0. The Hall–Kier alpha value is -0.930. The van der Waals surface area contributed by atoms with Crippen molar-refractivity contribution in [3.05, 3.63) is 27.7 Å². The van der Waals surface area contributed by atoms with Crippen LogP contribution in [0.4, 0.5) is 0 Å². The highest BCUT2D eigenvalue weighted by Gasteiger charge is 2.10. The van der Waals surface area contributed by atoms with E-state index < -0.39 is 0 Å². The molecule has 0 aliphatic heterocycles. The number of carbonyl (C=O) groups is 1. The Balaban J connectivity index is 2.80. The summed E-state index contributed by atoms with van der Waals surface area (Å²) in [6.45, 7) is 3.47. The lowest BCUT2D eigenvalue weighted by molar-refractivity contribution is 0.101.